The molecule has 0 spiro atoms. The van der Waals surface area contributed by atoms with E-state index in [0.29, 0.717) is 5.75 Å². The fraction of sp³-hybridized carbons (Fsp3) is 0.257. The van der Waals surface area contributed by atoms with Crippen LogP contribution in [-0.2, 0) is 32.6 Å². The lowest BCUT2D eigenvalue weighted by atomic mass is 10.0. The van der Waals surface area contributed by atoms with E-state index in [0.717, 1.165) is 21.0 Å². The maximum Gasteiger partial charge on any atom is 0.264 e. The van der Waals surface area contributed by atoms with Crippen molar-refractivity contribution in [1.82, 2.24) is 10.2 Å². The van der Waals surface area contributed by atoms with Crippen LogP contribution in [0.1, 0.15) is 30.5 Å². The summed E-state index contributed by atoms with van der Waals surface area (Å²) < 4.78 is 34.6. The summed E-state index contributed by atoms with van der Waals surface area (Å²) in [5.74, 6) is -0.393. The minimum atomic E-state index is -4.18. The summed E-state index contributed by atoms with van der Waals surface area (Å²) in [6.07, 6.45) is 0.252. The molecule has 1 atom stereocenters. The van der Waals surface area contributed by atoms with Gasteiger partial charge < -0.3 is 15.0 Å². The zero-order valence-electron chi connectivity index (χ0n) is 25.5. The van der Waals surface area contributed by atoms with E-state index in [1.807, 2.05) is 75.4 Å². The number of amides is 2. The summed E-state index contributed by atoms with van der Waals surface area (Å²) in [6, 6.07) is 30.7. The van der Waals surface area contributed by atoms with Crippen LogP contribution >= 0.6 is 0 Å². The predicted octanol–water partition coefficient (Wildman–Crippen LogP) is 5.36. The highest BCUT2D eigenvalue weighted by Gasteiger charge is 2.35. The Morgan fingerprint density at radius 1 is 0.818 bits per heavy atom. The lowest BCUT2D eigenvalue weighted by Crippen LogP contribution is -2.54. The standard InChI is InChI=1S/C35H39N3O5S/c1-26(2)36-35(40)33(22-28-14-7-5-8-15-28)37(24-29-16-11-13-27(3)21-29)34(39)25-38(30-17-12-18-31(23-30)43-4)44(41,42)32-19-9-6-10-20-32/h5-21,23,26,33H,22,24-25H2,1-4H3,(H,36,40). The second-order valence-electron chi connectivity index (χ2n) is 10.9. The number of nitrogens with zero attached hydrogens (tertiary/aromatic N) is 2. The third-order valence-electron chi connectivity index (χ3n) is 7.09. The van der Waals surface area contributed by atoms with Crippen LogP contribution in [0.5, 0.6) is 5.75 Å². The Morgan fingerprint density at radius 3 is 2.09 bits per heavy atom. The molecule has 4 rings (SSSR count). The number of carbonyl (C=O) groups excluding carboxylic acids is 2. The monoisotopic (exact) mass is 613 g/mol. The van der Waals surface area contributed by atoms with Crippen LogP contribution in [-0.4, -0.2) is 50.9 Å². The van der Waals surface area contributed by atoms with Crippen molar-refractivity contribution in [3.8, 4) is 5.75 Å². The van der Waals surface area contributed by atoms with Gasteiger partial charge in [-0.25, -0.2) is 8.42 Å². The van der Waals surface area contributed by atoms with Gasteiger partial charge in [-0.15, -0.1) is 0 Å². The zero-order valence-corrected chi connectivity index (χ0v) is 26.3. The minimum Gasteiger partial charge on any atom is -0.497 e. The van der Waals surface area contributed by atoms with Crippen molar-refractivity contribution in [2.24, 2.45) is 0 Å². The molecule has 4 aromatic rings. The van der Waals surface area contributed by atoms with Gasteiger partial charge in [0.2, 0.25) is 11.8 Å². The number of hydrogen-bond donors (Lipinski definition) is 1. The molecule has 0 aliphatic heterocycles. The van der Waals surface area contributed by atoms with Gasteiger partial charge in [-0.05, 0) is 56.2 Å². The minimum absolute atomic E-state index is 0.0410. The van der Waals surface area contributed by atoms with Crippen LogP contribution < -0.4 is 14.4 Å². The van der Waals surface area contributed by atoms with Crippen molar-refractivity contribution in [1.29, 1.82) is 0 Å². The topological polar surface area (TPSA) is 96.0 Å². The summed E-state index contributed by atoms with van der Waals surface area (Å²) in [5, 5.41) is 2.97. The maximum atomic E-state index is 14.5. The second kappa shape index (κ2) is 14.7. The van der Waals surface area contributed by atoms with E-state index in [-0.39, 0.29) is 35.5 Å². The molecule has 4 aromatic carbocycles. The van der Waals surface area contributed by atoms with Crippen molar-refractivity contribution in [2.75, 3.05) is 18.0 Å². The summed E-state index contributed by atoms with van der Waals surface area (Å²) in [7, 11) is -2.69. The maximum absolute atomic E-state index is 14.5. The third kappa shape index (κ3) is 8.26. The fourth-order valence-electron chi connectivity index (χ4n) is 4.96. The molecule has 0 aromatic heterocycles. The first-order chi connectivity index (χ1) is 21.1. The molecular formula is C35H39N3O5S. The van der Waals surface area contributed by atoms with E-state index in [9.17, 15) is 18.0 Å². The van der Waals surface area contributed by atoms with E-state index >= 15 is 0 Å². The van der Waals surface area contributed by atoms with Gasteiger partial charge in [0.25, 0.3) is 10.0 Å². The Balaban J connectivity index is 1.81. The van der Waals surface area contributed by atoms with Crippen molar-refractivity contribution >= 4 is 27.5 Å². The first-order valence-electron chi connectivity index (χ1n) is 14.5. The number of rotatable bonds is 13. The largest absolute Gasteiger partial charge is 0.497 e. The number of hydrogen-bond acceptors (Lipinski definition) is 5. The molecule has 1 unspecified atom stereocenters. The molecule has 0 heterocycles. The number of methoxy groups -OCH3 is 1. The van der Waals surface area contributed by atoms with Crippen molar-refractivity contribution in [3.05, 3.63) is 126 Å². The molecule has 0 saturated carbocycles. The summed E-state index contributed by atoms with van der Waals surface area (Å²) in [4.78, 5) is 29.8. The number of ether oxygens (including phenoxy) is 1. The normalized spacial score (nSPS) is 11.9. The summed E-state index contributed by atoms with van der Waals surface area (Å²) >= 11 is 0. The molecule has 230 valence electrons. The summed E-state index contributed by atoms with van der Waals surface area (Å²) in [6.45, 7) is 5.26. The quantitative estimate of drug-likeness (QED) is 0.219. The van der Waals surface area contributed by atoms with Crippen LogP contribution in [0.2, 0.25) is 0 Å². The van der Waals surface area contributed by atoms with Gasteiger partial charge in [0.15, 0.2) is 0 Å². The Kier molecular flexibility index (Phi) is 10.8. The molecule has 9 heteroatoms. The first-order valence-corrected chi connectivity index (χ1v) is 15.9. The second-order valence-corrected chi connectivity index (χ2v) is 12.8. The Hall–Kier alpha value is -4.63. The highest BCUT2D eigenvalue weighted by molar-refractivity contribution is 7.92. The van der Waals surface area contributed by atoms with Crippen LogP contribution in [0.4, 0.5) is 5.69 Å². The van der Waals surface area contributed by atoms with Crippen LogP contribution in [0.3, 0.4) is 0 Å². The van der Waals surface area contributed by atoms with Crippen LogP contribution in [0, 0.1) is 6.92 Å². The highest BCUT2D eigenvalue weighted by atomic mass is 32.2. The zero-order chi connectivity index (χ0) is 31.7. The van der Waals surface area contributed by atoms with E-state index in [1.165, 1.54) is 24.1 Å². The SMILES string of the molecule is COc1cccc(N(CC(=O)N(Cc2cccc(C)c2)C(Cc2ccccc2)C(=O)NC(C)C)S(=O)(=O)c2ccccc2)c1. The molecule has 0 aliphatic rings. The molecule has 0 aliphatic carbocycles. The van der Waals surface area contributed by atoms with Gasteiger partial charge in [-0.1, -0.05) is 84.4 Å². The molecule has 44 heavy (non-hydrogen) atoms. The predicted molar refractivity (Wildman–Crippen MR) is 173 cm³/mol. The van der Waals surface area contributed by atoms with Gasteiger partial charge >= 0.3 is 0 Å². The number of aryl methyl sites for hydroxylation is 1. The number of sulfonamides is 1. The lowest BCUT2D eigenvalue weighted by molar-refractivity contribution is -0.140. The van der Waals surface area contributed by atoms with Crippen molar-refractivity contribution < 1.29 is 22.7 Å². The number of benzene rings is 4. The molecule has 0 fully saturated rings. The fourth-order valence-corrected chi connectivity index (χ4v) is 6.38. The molecular weight excluding hydrogens is 574 g/mol. The number of anilines is 1. The third-order valence-corrected chi connectivity index (χ3v) is 8.88. The molecule has 0 saturated heterocycles. The highest BCUT2D eigenvalue weighted by Crippen LogP contribution is 2.28. The molecule has 2 amide bonds. The first kappa shape index (κ1) is 32.3. The van der Waals surface area contributed by atoms with E-state index in [2.05, 4.69) is 5.32 Å². The average molecular weight is 614 g/mol. The van der Waals surface area contributed by atoms with Gasteiger partial charge in [-0.3, -0.25) is 13.9 Å². The Labute approximate surface area is 260 Å². The molecule has 0 bridgehead atoms. The average Bonchev–Trinajstić information content (AvgIpc) is 3.02. The smallest absolute Gasteiger partial charge is 0.264 e. The number of nitrogens with one attached hydrogen (secondary N) is 1. The van der Waals surface area contributed by atoms with Gasteiger partial charge in [-0.2, -0.15) is 0 Å². The lowest BCUT2D eigenvalue weighted by Gasteiger charge is -2.34. The summed E-state index contributed by atoms with van der Waals surface area (Å²) in [5.41, 5.74) is 2.97. The van der Waals surface area contributed by atoms with Crippen LogP contribution in [0.25, 0.3) is 0 Å². The number of carbonyl (C=O) groups is 2. The van der Waals surface area contributed by atoms with Gasteiger partial charge in [0.1, 0.15) is 18.3 Å². The molecule has 8 nitrogen and oxygen atoms in total. The van der Waals surface area contributed by atoms with E-state index < -0.39 is 28.5 Å². The Morgan fingerprint density at radius 2 is 1.45 bits per heavy atom. The van der Waals surface area contributed by atoms with E-state index in [1.54, 1.807) is 42.5 Å². The Bertz CT molecular complexity index is 1660. The van der Waals surface area contributed by atoms with Gasteiger partial charge in [0.05, 0.1) is 17.7 Å². The van der Waals surface area contributed by atoms with E-state index in [4.69, 9.17) is 4.74 Å². The van der Waals surface area contributed by atoms with Crippen molar-refractivity contribution in [3.63, 3.8) is 0 Å². The van der Waals surface area contributed by atoms with Gasteiger partial charge in [0, 0.05) is 25.1 Å². The van der Waals surface area contributed by atoms with Crippen LogP contribution in [0.15, 0.2) is 114 Å². The molecule has 0 radical (unpaired) electrons. The van der Waals surface area contributed by atoms with Crippen molar-refractivity contribution in [2.45, 2.75) is 50.7 Å². The molecule has 1 N–H and O–H groups in total.